The monoisotopic (exact) mass is 294 g/mol. The maximum atomic E-state index is 9.45. The Kier molecular flexibility index (Phi) is 17.0. The van der Waals surface area contributed by atoms with E-state index in [1.165, 1.54) is 77.0 Å². The first kappa shape index (κ1) is 20.4. The summed E-state index contributed by atoms with van der Waals surface area (Å²) in [5.41, 5.74) is 0. The number of hydrogen-bond acceptors (Lipinski definition) is 1. The van der Waals surface area contributed by atoms with Gasteiger partial charge in [0, 0.05) is 6.61 Å². The standard InChI is InChI=1S/C20H38O/c1-3-5-7-9-11-13-15-17-20(19-21)18-16-14-12-10-8-6-4-2/h3-4,20-21H,1-2,5-19H2. The third kappa shape index (κ3) is 15.6. The first-order chi connectivity index (χ1) is 10.3. The summed E-state index contributed by atoms with van der Waals surface area (Å²) >= 11 is 0. The Morgan fingerprint density at radius 3 is 1.38 bits per heavy atom. The molecule has 0 aromatic heterocycles. The van der Waals surface area contributed by atoms with Crippen LogP contribution < -0.4 is 0 Å². The van der Waals surface area contributed by atoms with Crippen LogP contribution in [-0.4, -0.2) is 11.7 Å². The molecule has 0 fully saturated rings. The molecule has 0 saturated carbocycles. The molecule has 0 heterocycles. The lowest BCUT2D eigenvalue weighted by Gasteiger charge is -2.13. The van der Waals surface area contributed by atoms with Gasteiger partial charge < -0.3 is 5.11 Å². The van der Waals surface area contributed by atoms with Crippen LogP contribution in [-0.2, 0) is 0 Å². The Labute approximate surface area is 133 Å². The smallest absolute Gasteiger partial charge is 0.0459 e. The molecule has 1 nitrogen and oxygen atoms in total. The van der Waals surface area contributed by atoms with Gasteiger partial charge in [-0.2, -0.15) is 0 Å². The first-order valence-electron chi connectivity index (χ1n) is 9.17. The van der Waals surface area contributed by atoms with Crippen molar-refractivity contribution in [2.24, 2.45) is 5.92 Å². The van der Waals surface area contributed by atoms with Gasteiger partial charge in [-0.3, -0.25) is 0 Å². The van der Waals surface area contributed by atoms with E-state index >= 15 is 0 Å². The second-order valence-corrected chi connectivity index (χ2v) is 6.32. The lowest BCUT2D eigenvalue weighted by molar-refractivity contribution is 0.204. The van der Waals surface area contributed by atoms with E-state index in [0.717, 1.165) is 12.8 Å². The third-order valence-electron chi connectivity index (χ3n) is 4.30. The van der Waals surface area contributed by atoms with E-state index in [9.17, 15) is 5.11 Å². The van der Waals surface area contributed by atoms with E-state index in [1.54, 1.807) is 0 Å². The topological polar surface area (TPSA) is 20.2 Å². The van der Waals surface area contributed by atoms with Gasteiger partial charge in [-0.15, -0.1) is 13.2 Å². The SMILES string of the molecule is C=CCCCCCCCC(CO)CCCCCCCC=C. The molecule has 0 unspecified atom stereocenters. The number of allylic oxidation sites excluding steroid dienone is 2. The fourth-order valence-electron chi connectivity index (χ4n) is 2.83. The number of aliphatic hydroxyl groups is 1. The average molecular weight is 295 g/mol. The third-order valence-corrected chi connectivity index (χ3v) is 4.30. The number of hydrogen-bond donors (Lipinski definition) is 1. The summed E-state index contributed by atoms with van der Waals surface area (Å²) in [7, 11) is 0. The second-order valence-electron chi connectivity index (χ2n) is 6.32. The minimum absolute atomic E-state index is 0.382. The molecular formula is C20H38O. The zero-order valence-electron chi connectivity index (χ0n) is 14.2. The Morgan fingerprint density at radius 1 is 0.619 bits per heavy atom. The van der Waals surface area contributed by atoms with Crippen LogP contribution in [0, 0.1) is 5.92 Å². The van der Waals surface area contributed by atoms with Crippen LogP contribution >= 0.6 is 0 Å². The van der Waals surface area contributed by atoms with Gasteiger partial charge in [0.2, 0.25) is 0 Å². The molecule has 0 spiro atoms. The zero-order valence-corrected chi connectivity index (χ0v) is 14.2. The van der Waals surface area contributed by atoms with Gasteiger partial charge >= 0.3 is 0 Å². The molecule has 1 heteroatoms. The Hall–Kier alpha value is -0.560. The average Bonchev–Trinajstić information content (AvgIpc) is 2.51. The highest BCUT2D eigenvalue weighted by atomic mass is 16.3. The van der Waals surface area contributed by atoms with Gasteiger partial charge in [0.1, 0.15) is 0 Å². The van der Waals surface area contributed by atoms with Gasteiger partial charge in [0.15, 0.2) is 0 Å². The van der Waals surface area contributed by atoms with Crippen molar-refractivity contribution in [3.8, 4) is 0 Å². The fraction of sp³-hybridized carbons (Fsp3) is 0.800. The highest BCUT2D eigenvalue weighted by Gasteiger charge is 2.06. The summed E-state index contributed by atoms with van der Waals surface area (Å²) in [6.07, 6.45) is 21.9. The van der Waals surface area contributed by atoms with E-state index in [0.29, 0.717) is 12.5 Å². The van der Waals surface area contributed by atoms with Crippen molar-refractivity contribution in [3.63, 3.8) is 0 Å². The van der Waals surface area contributed by atoms with Crippen molar-refractivity contribution in [1.29, 1.82) is 0 Å². The van der Waals surface area contributed by atoms with Gasteiger partial charge in [-0.05, 0) is 44.4 Å². The van der Waals surface area contributed by atoms with E-state index in [2.05, 4.69) is 13.2 Å². The maximum absolute atomic E-state index is 9.45. The van der Waals surface area contributed by atoms with Crippen molar-refractivity contribution in [1.82, 2.24) is 0 Å². The normalized spacial score (nSPS) is 11.0. The molecule has 0 aliphatic heterocycles. The van der Waals surface area contributed by atoms with Crippen LogP contribution in [0.3, 0.4) is 0 Å². The van der Waals surface area contributed by atoms with Crippen molar-refractivity contribution in [3.05, 3.63) is 25.3 Å². The summed E-state index contributed by atoms with van der Waals surface area (Å²) in [6.45, 7) is 7.89. The van der Waals surface area contributed by atoms with Crippen LogP contribution in [0.4, 0.5) is 0 Å². The molecule has 0 aliphatic rings. The quantitative estimate of drug-likeness (QED) is 0.242. The molecule has 124 valence electrons. The largest absolute Gasteiger partial charge is 0.396 e. The summed E-state index contributed by atoms with van der Waals surface area (Å²) in [4.78, 5) is 0. The number of rotatable bonds is 17. The number of unbranched alkanes of at least 4 members (excludes halogenated alkanes) is 10. The Bertz CT molecular complexity index is 200. The molecule has 21 heavy (non-hydrogen) atoms. The Balaban J connectivity index is 3.33. The molecule has 0 rings (SSSR count). The first-order valence-corrected chi connectivity index (χ1v) is 9.17. The number of aliphatic hydroxyl groups excluding tert-OH is 1. The van der Waals surface area contributed by atoms with Crippen LogP contribution in [0.2, 0.25) is 0 Å². The van der Waals surface area contributed by atoms with Crippen LogP contribution in [0.15, 0.2) is 25.3 Å². The summed E-state index contributed by atoms with van der Waals surface area (Å²) in [5.74, 6) is 0.548. The van der Waals surface area contributed by atoms with Crippen molar-refractivity contribution < 1.29 is 5.11 Å². The van der Waals surface area contributed by atoms with Crippen LogP contribution in [0.5, 0.6) is 0 Å². The van der Waals surface area contributed by atoms with Crippen molar-refractivity contribution in [2.75, 3.05) is 6.61 Å². The van der Waals surface area contributed by atoms with Crippen molar-refractivity contribution in [2.45, 2.75) is 89.9 Å². The maximum Gasteiger partial charge on any atom is 0.0459 e. The fourth-order valence-corrected chi connectivity index (χ4v) is 2.83. The van der Waals surface area contributed by atoms with E-state index < -0.39 is 0 Å². The summed E-state index contributed by atoms with van der Waals surface area (Å²) < 4.78 is 0. The van der Waals surface area contributed by atoms with E-state index in [-0.39, 0.29) is 0 Å². The predicted molar refractivity (Wildman–Crippen MR) is 95.6 cm³/mol. The van der Waals surface area contributed by atoms with Crippen molar-refractivity contribution >= 4 is 0 Å². The molecule has 0 saturated heterocycles. The highest BCUT2D eigenvalue weighted by Crippen LogP contribution is 2.18. The molecule has 0 aromatic rings. The molecule has 0 amide bonds. The molecule has 1 N–H and O–H groups in total. The van der Waals surface area contributed by atoms with Crippen LogP contribution in [0.25, 0.3) is 0 Å². The summed E-state index contributed by atoms with van der Waals surface area (Å²) in [5, 5.41) is 9.45. The molecule has 0 atom stereocenters. The second kappa shape index (κ2) is 17.5. The highest BCUT2D eigenvalue weighted by molar-refractivity contribution is 4.66. The van der Waals surface area contributed by atoms with Crippen LogP contribution in [0.1, 0.15) is 89.9 Å². The lowest BCUT2D eigenvalue weighted by atomic mass is 9.95. The molecule has 0 bridgehead atoms. The van der Waals surface area contributed by atoms with E-state index in [4.69, 9.17) is 0 Å². The van der Waals surface area contributed by atoms with E-state index in [1.807, 2.05) is 12.2 Å². The van der Waals surface area contributed by atoms with Gasteiger partial charge in [0.05, 0.1) is 0 Å². The zero-order chi connectivity index (χ0) is 15.6. The molecule has 0 aromatic carbocycles. The minimum Gasteiger partial charge on any atom is -0.396 e. The summed E-state index contributed by atoms with van der Waals surface area (Å²) in [6, 6.07) is 0. The minimum atomic E-state index is 0.382. The van der Waals surface area contributed by atoms with Gasteiger partial charge in [-0.1, -0.05) is 63.5 Å². The molecule has 0 radical (unpaired) electrons. The van der Waals surface area contributed by atoms with Gasteiger partial charge in [0.25, 0.3) is 0 Å². The molecular weight excluding hydrogens is 256 g/mol. The molecule has 0 aliphatic carbocycles. The Morgan fingerprint density at radius 2 is 1.00 bits per heavy atom. The lowest BCUT2D eigenvalue weighted by Crippen LogP contribution is -2.06. The predicted octanol–water partition coefficient (Wildman–Crippen LogP) is 6.43. The van der Waals surface area contributed by atoms with Gasteiger partial charge in [-0.25, -0.2) is 0 Å².